The van der Waals surface area contributed by atoms with Gasteiger partial charge in [0.15, 0.2) is 0 Å². The Morgan fingerprint density at radius 1 is 1.19 bits per heavy atom. The van der Waals surface area contributed by atoms with Crippen LogP contribution in [0, 0.1) is 11.3 Å². The number of nitrogens with one attached hydrogen (secondary N) is 1. The third-order valence-corrected chi connectivity index (χ3v) is 6.00. The first-order valence-electron chi connectivity index (χ1n) is 12.5. The van der Waals surface area contributed by atoms with E-state index in [-0.39, 0.29) is 25.0 Å². The van der Waals surface area contributed by atoms with Crippen LogP contribution in [0.3, 0.4) is 0 Å². The van der Waals surface area contributed by atoms with Crippen LogP contribution in [0.15, 0.2) is 54.7 Å². The van der Waals surface area contributed by atoms with Gasteiger partial charge in [0.1, 0.15) is 23.7 Å². The Kier molecular flexibility index (Phi) is 8.49. The molecule has 3 aromatic rings. The molecule has 2 heterocycles. The van der Waals surface area contributed by atoms with Gasteiger partial charge in [-0.2, -0.15) is 5.26 Å². The molecule has 1 aliphatic rings. The molecule has 1 fully saturated rings. The summed E-state index contributed by atoms with van der Waals surface area (Å²) in [5, 5.41) is 22.3. The summed E-state index contributed by atoms with van der Waals surface area (Å²) >= 11 is 0. The highest BCUT2D eigenvalue weighted by Crippen LogP contribution is 2.27. The highest BCUT2D eigenvalue weighted by molar-refractivity contribution is 5.78. The summed E-state index contributed by atoms with van der Waals surface area (Å²) in [6.07, 6.45) is 4.13. The molecule has 4 rings (SSSR count). The number of nitrogens with zero attached hydrogens (tertiary/aromatic N) is 3. The van der Waals surface area contributed by atoms with Crippen LogP contribution < -0.4 is 10.1 Å². The summed E-state index contributed by atoms with van der Waals surface area (Å²) in [6.45, 7) is 4.85. The Balaban J connectivity index is 1.44. The number of benzene rings is 2. The molecule has 8 heteroatoms. The van der Waals surface area contributed by atoms with E-state index in [1.165, 1.54) is 0 Å². The van der Waals surface area contributed by atoms with Crippen molar-refractivity contribution in [2.24, 2.45) is 0 Å². The van der Waals surface area contributed by atoms with Crippen LogP contribution in [0.1, 0.15) is 49.2 Å². The molecule has 37 heavy (non-hydrogen) atoms. The minimum absolute atomic E-state index is 0.0562. The van der Waals surface area contributed by atoms with Gasteiger partial charge in [-0.3, -0.25) is 4.79 Å². The molecule has 0 atom stereocenters. The lowest BCUT2D eigenvalue weighted by Gasteiger charge is -2.23. The zero-order valence-corrected chi connectivity index (χ0v) is 21.2. The molecule has 0 unspecified atom stereocenters. The summed E-state index contributed by atoms with van der Waals surface area (Å²) in [5.74, 6) is 1.08. The van der Waals surface area contributed by atoms with E-state index in [1.807, 2.05) is 42.5 Å². The monoisotopic (exact) mass is 500 g/mol. The second-order valence-corrected chi connectivity index (χ2v) is 9.87. The SMILES string of the molecule is CC(C)(O)CNC(=O)Cc1cccc(Cc2nccc(-c3ccc(OC4CCOCC4)c(C#N)c3)n2)c1. The van der Waals surface area contributed by atoms with Crippen LogP contribution in [-0.2, 0) is 22.4 Å². The Hall–Kier alpha value is -3.80. The van der Waals surface area contributed by atoms with E-state index in [4.69, 9.17) is 14.5 Å². The Labute approximate surface area is 217 Å². The molecule has 2 aromatic carbocycles. The third-order valence-electron chi connectivity index (χ3n) is 6.00. The van der Waals surface area contributed by atoms with Crippen LogP contribution in [-0.4, -0.2) is 52.4 Å². The Morgan fingerprint density at radius 2 is 1.97 bits per heavy atom. The smallest absolute Gasteiger partial charge is 0.224 e. The fraction of sp³-hybridized carbons (Fsp3) is 0.379. The van der Waals surface area contributed by atoms with E-state index in [9.17, 15) is 15.2 Å². The van der Waals surface area contributed by atoms with Gasteiger partial charge in [-0.05, 0) is 49.2 Å². The molecule has 0 bridgehead atoms. The molecule has 8 nitrogen and oxygen atoms in total. The van der Waals surface area contributed by atoms with E-state index in [2.05, 4.69) is 16.4 Å². The number of aliphatic hydroxyl groups is 1. The topological polar surface area (TPSA) is 117 Å². The van der Waals surface area contributed by atoms with Crippen molar-refractivity contribution < 1.29 is 19.4 Å². The molecular formula is C29H32N4O4. The average Bonchev–Trinajstić information content (AvgIpc) is 2.88. The first-order chi connectivity index (χ1) is 17.8. The molecule has 2 N–H and O–H groups in total. The number of hydrogen-bond acceptors (Lipinski definition) is 7. The predicted molar refractivity (Wildman–Crippen MR) is 139 cm³/mol. The lowest BCUT2D eigenvalue weighted by atomic mass is 10.0. The van der Waals surface area contributed by atoms with Crippen molar-refractivity contribution in [3.63, 3.8) is 0 Å². The lowest BCUT2D eigenvalue weighted by Crippen LogP contribution is -2.38. The summed E-state index contributed by atoms with van der Waals surface area (Å²) in [6, 6.07) is 17.4. The molecule has 0 aliphatic carbocycles. The van der Waals surface area contributed by atoms with Crippen molar-refractivity contribution in [3.05, 3.63) is 77.2 Å². The van der Waals surface area contributed by atoms with Crippen LogP contribution >= 0.6 is 0 Å². The Bertz CT molecular complexity index is 1270. The quantitative estimate of drug-likeness (QED) is 0.461. The third kappa shape index (κ3) is 7.84. The maximum Gasteiger partial charge on any atom is 0.224 e. The number of carbonyl (C=O) groups is 1. The van der Waals surface area contributed by atoms with Gasteiger partial charge in [-0.15, -0.1) is 0 Å². The van der Waals surface area contributed by atoms with Gasteiger partial charge >= 0.3 is 0 Å². The molecule has 0 spiro atoms. The number of hydrogen-bond donors (Lipinski definition) is 2. The molecular weight excluding hydrogens is 468 g/mol. The van der Waals surface area contributed by atoms with Crippen molar-refractivity contribution in [1.82, 2.24) is 15.3 Å². The number of amides is 1. The maximum absolute atomic E-state index is 12.2. The van der Waals surface area contributed by atoms with Gasteiger partial charge in [0.2, 0.25) is 5.91 Å². The predicted octanol–water partition coefficient (Wildman–Crippen LogP) is 3.59. The Morgan fingerprint density at radius 3 is 2.73 bits per heavy atom. The van der Waals surface area contributed by atoms with Gasteiger partial charge in [0.05, 0.1) is 36.5 Å². The van der Waals surface area contributed by atoms with Gasteiger partial charge in [-0.25, -0.2) is 9.97 Å². The second-order valence-electron chi connectivity index (χ2n) is 9.87. The number of ether oxygens (including phenoxy) is 2. The minimum atomic E-state index is -0.952. The molecule has 192 valence electrons. The van der Waals surface area contributed by atoms with Crippen LogP contribution in [0.25, 0.3) is 11.3 Å². The molecule has 0 saturated carbocycles. The second kappa shape index (κ2) is 12.0. The van der Waals surface area contributed by atoms with Crippen LogP contribution in [0.2, 0.25) is 0 Å². The summed E-state index contributed by atoms with van der Waals surface area (Å²) < 4.78 is 11.4. The summed E-state index contributed by atoms with van der Waals surface area (Å²) in [4.78, 5) is 21.4. The molecule has 1 saturated heterocycles. The average molecular weight is 501 g/mol. The minimum Gasteiger partial charge on any atom is -0.489 e. The molecule has 1 aromatic heterocycles. The van der Waals surface area contributed by atoms with E-state index in [0.717, 1.165) is 35.2 Å². The summed E-state index contributed by atoms with van der Waals surface area (Å²) in [7, 11) is 0. The number of aromatic nitrogens is 2. The fourth-order valence-corrected chi connectivity index (χ4v) is 4.09. The molecule has 1 amide bonds. The van der Waals surface area contributed by atoms with Gasteiger partial charge < -0.3 is 19.9 Å². The number of carbonyl (C=O) groups excluding carboxylic acids is 1. The van der Waals surface area contributed by atoms with Crippen LogP contribution in [0.5, 0.6) is 5.75 Å². The maximum atomic E-state index is 12.2. The van der Waals surface area contributed by atoms with Crippen molar-refractivity contribution in [1.29, 1.82) is 5.26 Å². The fourth-order valence-electron chi connectivity index (χ4n) is 4.09. The van der Waals surface area contributed by atoms with E-state index >= 15 is 0 Å². The van der Waals surface area contributed by atoms with Crippen molar-refractivity contribution in [3.8, 4) is 23.1 Å². The zero-order valence-electron chi connectivity index (χ0n) is 21.2. The molecule has 0 radical (unpaired) electrons. The first-order valence-corrected chi connectivity index (χ1v) is 12.5. The van der Waals surface area contributed by atoms with E-state index in [0.29, 0.717) is 36.8 Å². The van der Waals surface area contributed by atoms with Gasteiger partial charge in [0, 0.05) is 37.6 Å². The number of rotatable bonds is 9. The van der Waals surface area contributed by atoms with E-state index < -0.39 is 5.60 Å². The highest BCUT2D eigenvalue weighted by Gasteiger charge is 2.18. The van der Waals surface area contributed by atoms with Crippen LogP contribution in [0.4, 0.5) is 0 Å². The standard InChI is InChI=1S/C29H32N4O4/c1-29(2,35)19-32-28(34)16-21-5-3-4-20(14-21)15-27-31-11-8-25(33-27)22-6-7-26(23(17-22)18-30)37-24-9-12-36-13-10-24/h3-8,11,14,17,24,35H,9-10,12-13,15-16,19H2,1-2H3,(H,32,34). The zero-order chi connectivity index (χ0) is 26.3. The highest BCUT2D eigenvalue weighted by atomic mass is 16.5. The van der Waals surface area contributed by atoms with E-state index in [1.54, 1.807) is 26.1 Å². The van der Waals surface area contributed by atoms with Crippen molar-refractivity contribution in [2.45, 2.75) is 51.2 Å². The van der Waals surface area contributed by atoms with Crippen molar-refractivity contribution >= 4 is 5.91 Å². The largest absolute Gasteiger partial charge is 0.489 e. The molecule has 1 aliphatic heterocycles. The van der Waals surface area contributed by atoms with Gasteiger partial charge in [0.25, 0.3) is 0 Å². The number of nitriles is 1. The first kappa shape index (κ1) is 26.3. The normalized spacial score (nSPS) is 14.1. The lowest BCUT2D eigenvalue weighted by molar-refractivity contribution is -0.121. The summed E-state index contributed by atoms with van der Waals surface area (Å²) in [5.41, 5.74) is 2.92. The van der Waals surface area contributed by atoms with Crippen molar-refractivity contribution in [2.75, 3.05) is 19.8 Å². The van der Waals surface area contributed by atoms with Gasteiger partial charge in [-0.1, -0.05) is 24.3 Å².